The molecule has 0 aromatic carbocycles. The molecule has 0 aliphatic carbocycles. The highest BCUT2D eigenvalue weighted by Crippen LogP contribution is 2.21. The summed E-state index contributed by atoms with van der Waals surface area (Å²) in [6, 6.07) is 4.90. The van der Waals surface area contributed by atoms with E-state index in [0.29, 0.717) is 12.2 Å². The predicted octanol–water partition coefficient (Wildman–Crippen LogP) is 3.40. The fourth-order valence-electron chi connectivity index (χ4n) is 2.84. The average molecular weight is 365 g/mol. The molecule has 25 heavy (non-hydrogen) atoms. The number of aryl methyl sites for hydroxylation is 1. The number of pyridine rings is 1. The Morgan fingerprint density at radius 1 is 1.32 bits per heavy atom. The minimum absolute atomic E-state index is 0.106. The maximum Gasteiger partial charge on any atom is 0.340 e. The molecule has 0 N–H and O–H groups in total. The third-order valence-corrected chi connectivity index (χ3v) is 4.15. The normalized spacial score (nSPS) is 12.0. The predicted molar refractivity (Wildman–Crippen MR) is 94.4 cm³/mol. The van der Waals surface area contributed by atoms with Crippen molar-refractivity contribution in [2.45, 2.75) is 26.8 Å². The van der Waals surface area contributed by atoms with E-state index in [1.807, 2.05) is 31.4 Å². The van der Waals surface area contributed by atoms with E-state index in [9.17, 15) is 9.59 Å². The number of carbonyl (C=O) groups excluding carboxylic acids is 2. The van der Waals surface area contributed by atoms with Gasteiger partial charge in [0, 0.05) is 30.3 Å². The third kappa shape index (κ3) is 4.46. The first-order valence-corrected chi connectivity index (χ1v) is 8.22. The van der Waals surface area contributed by atoms with Crippen LogP contribution in [0.3, 0.4) is 0 Å². The van der Waals surface area contributed by atoms with Crippen LogP contribution in [-0.2, 0) is 9.47 Å². The van der Waals surface area contributed by atoms with E-state index < -0.39 is 5.97 Å². The Morgan fingerprint density at radius 3 is 2.64 bits per heavy atom. The molecule has 0 saturated heterocycles. The summed E-state index contributed by atoms with van der Waals surface area (Å²) in [5.41, 5.74) is 2.58. The highest BCUT2D eigenvalue weighted by atomic mass is 35.5. The van der Waals surface area contributed by atoms with Crippen LogP contribution in [0.2, 0.25) is 5.15 Å². The van der Waals surface area contributed by atoms with E-state index in [4.69, 9.17) is 21.1 Å². The molecule has 2 rings (SSSR count). The molecule has 134 valence electrons. The van der Waals surface area contributed by atoms with Gasteiger partial charge in [-0.3, -0.25) is 4.79 Å². The number of aromatic nitrogens is 2. The largest absolute Gasteiger partial charge is 0.454 e. The zero-order valence-electron chi connectivity index (χ0n) is 14.7. The minimum Gasteiger partial charge on any atom is -0.454 e. The van der Waals surface area contributed by atoms with Gasteiger partial charge in [0.05, 0.1) is 18.2 Å². The summed E-state index contributed by atoms with van der Waals surface area (Å²) in [5.74, 6) is -0.863. The number of nitrogens with zero attached hydrogens (tertiary/aromatic N) is 2. The van der Waals surface area contributed by atoms with Crippen molar-refractivity contribution in [2.24, 2.45) is 0 Å². The monoisotopic (exact) mass is 364 g/mol. The molecule has 0 unspecified atom stereocenters. The number of hydrogen-bond donors (Lipinski definition) is 0. The van der Waals surface area contributed by atoms with Crippen LogP contribution in [0.5, 0.6) is 0 Å². The SMILES string of the molecule is COC[C@@H](C)n1c(C)cc(C(=O)COC(=O)c2ccc(Cl)nc2)c1C. The number of carbonyl (C=O) groups is 2. The molecule has 0 amide bonds. The first-order chi connectivity index (χ1) is 11.8. The third-order valence-electron chi connectivity index (χ3n) is 3.93. The van der Waals surface area contributed by atoms with Crippen LogP contribution < -0.4 is 0 Å². The lowest BCUT2D eigenvalue weighted by Crippen LogP contribution is -2.17. The molecule has 2 aromatic rings. The standard InChI is InChI=1S/C18H21ClN2O4/c1-11-7-15(13(3)21(11)12(2)9-24-4)16(22)10-25-18(23)14-5-6-17(19)20-8-14/h5-8,12H,9-10H2,1-4H3/t12-/m1/s1. The maximum atomic E-state index is 12.4. The van der Waals surface area contributed by atoms with E-state index in [1.165, 1.54) is 18.3 Å². The summed E-state index contributed by atoms with van der Waals surface area (Å²) in [5, 5.41) is 0.283. The molecule has 0 saturated carbocycles. The van der Waals surface area contributed by atoms with Gasteiger partial charge in [0.25, 0.3) is 0 Å². The van der Waals surface area contributed by atoms with E-state index >= 15 is 0 Å². The van der Waals surface area contributed by atoms with Gasteiger partial charge in [-0.15, -0.1) is 0 Å². The number of esters is 1. The molecule has 0 spiro atoms. The second kappa shape index (κ2) is 8.27. The van der Waals surface area contributed by atoms with Crippen molar-refractivity contribution in [3.05, 3.63) is 52.1 Å². The number of methoxy groups -OCH3 is 1. The van der Waals surface area contributed by atoms with Crippen molar-refractivity contribution in [3.8, 4) is 0 Å². The second-order valence-electron chi connectivity index (χ2n) is 5.83. The van der Waals surface area contributed by atoms with Crippen molar-refractivity contribution in [1.29, 1.82) is 0 Å². The molecule has 2 heterocycles. The van der Waals surface area contributed by atoms with Crippen molar-refractivity contribution >= 4 is 23.4 Å². The van der Waals surface area contributed by atoms with Gasteiger partial charge < -0.3 is 14.0 Å². The van der Waals surface area contributed by atoms with E-state index in [0.717, 1.165) is 11.4 Å². The Kier molecular flexibility index (Phi) is 6.33. The topological polar surface area (TPSA) is 70.4 Å². The highest BCUT2D eigenvalue weighted by Gasteiger charge is 2.20. The Balaban J connectivity index is 2.07. The summed E-state index contributed by atoms with van der Waals surface area (Å²) in [7, 11) is 1.64. The van der Waals surface area contributed by atoms with Crippen LogP contribution in [-0.4, -0.2) is 41.6 Å². The first kappa shape index (κ1) is 19.1. The van der Waals surface area contributed by atoms with Crippen LogP contribution >= 0.6 is 11.6 Å². The molecule has 0 bridgehead atoms. The second-order valence-corrected chi connectivity index (χ2v) is 6.22. The van der Waals surface area contributed by atoms with Crippen molar-refractivity contribution in [2.75, 3.05) is 20.3 Å². The smallest absolute Gasteiger partial charge is 0.340 e. The highest BCUT2D eigenvalue weighted by molar-refractivity contribution is 6.29. The summed E-state index contributed by atoms with van der Waals surface area (Å²) < 4.78 is 12.3. The molecule has 0 radical (unpaired) electrons. The lowest BCUT2D eigenvalue weighted by molar-refractivity contribution is 0.0474. The maximum absolute atomic E-state index is 12.4. The van der Waals surface area contributed by atoms with Gasteiger partial charge in [-0.25, -0.2) is 9.78 Å². The lowest BCUT2D eigenvalue weighted by atomic mass is 10.1. The number of rotatable bonds is 7. The first-order valence-electron chi connectivity index (χ1n) is 7.84. The Bertz CT molecular complexity index is 768. The molecule has 0 aliphatic heterocycles. The lowest BCUT2D eigenvalue weighted by Gasteiger charge is -2.17. The fourth-order valence-corrected chi connectivity index (χ4v) is 2.95. The van der Waals surface area contributed by atoms with Crippen LogP contribution in [0.1, 0.15) is 45.1 Å². The summed E-state index contributed by atoms with van der Waals surface area (Å²) in [4.78, 5) is 28.2. The van der Waals surface area contributed by atoms with E-state index in [-0.39, 0.29) is 29.1 Å². The van der Waals surface area contributed by atoms with Gasteiger partial charge in [-0.05, 0) is 39.0 Å². The summed E-state index contributed by atoms with van der Waals surface area (Å²) >= 11 is 5.68. The van der Waals surface area contributed by atoms with Crippen molar-refractivity contribution < 1.29 is 19.1 Å². The van der Waals surface area contributed by atoms with Gasteiger partial charge in [0.1, 0.15) is 5.15 Å². The number of hydrogen-bond acceptors (Lipinski definition) is 5. The van der Waals surface area contributed by atoms with Crippen LogP contribution in [0.15, 0.2) is 24.4 Å². The number of Topliss-reactive ketones (excluding diaryl/α,β-unsaturated/α-hetero) is 1. The number of ether oxygens (including phenoxy) is 2. The summed E-state index contributed by atoms with van der Waals surface area (Å²) in [6.07, 6.45) is 1.31. The van der Waals surface area contributed by atoms with Crippen LogP contribution in [0.25, 0.3) is 0 Å². The molecular formula is C18H21ClN2O4. The zero-order valence-corrected chi connectivity index (χ0v) is 15.5. The Hall–Kier alpha value is -2.18. The quantitative estimate of drug-likeness (QED) is 0.428. The molecule has 2 aromatic heterocycles. The molecule has 0 aliphatic rings. The molecular weight excluding hydrogens is 344 g/mol. The van der Waals surface area contributed by atoms with Gasteiger partial charge >= 0.3 is 5.97 Å². The minimum atomic E-state index is -0.612. The molecule has 6 nitrogen and oxygen atoms in total. The molecule has 1 atom stereocenters. The number of ketones is 1. The van der Waals surface area contributed by atoms with Crippen LogP contribution in [0, 0.1) is 13.8 Å². The molecule has 0 fully saturated rings. The Morgan fingerprint density at radius 2 is 2.04 bits per heavy atom. The van der Waals surface area contributed by atoms with E-state index in [1.54, 1.807) is 7.11 Å². The molecule has 7 heteroatoms. The van der Waals surface area contributed by atoms with Gasteiger partial charge in [0.15, 0.2) is 6.61 Å². The fraction of sp³-hybridized carbons (Fsp3) is 0.389. The van der Waals surface area contributed by atoms with Gasteiger partial charge in [0.2, 0.25) is 5.78 Å². The van der Waals surface area contributed by atoms with Gasteiger partial charge in [-0.1, -0.05) is 11.6 Å². The zero-order chi connectivity index (χ0) is 18.6. The van der Waals surface area contributed by atoms with Gasteiger partial charge in [-0.2, -0.15) is 0 Å². The van der Waals surface area contributed by atoms with Crippen molar-refractivity contribution in [1.82, 2.24) is 9.55 Å². The Labute approximate surface area is 151 Å². The van der Waals surface area contributed by atoms with E-state index in [2.05, 4.69) is 4.98 Å². The number of halogens is 1. The average Bonchev–Trinajstić information content (AvgIpc) is 2.88. The summed E-state index contributed by atoms with van der Waals surface area (Å²) in [6.45, 7) is 6.04. The van der Waals surface area contributed by atoms with Crippen molar-refractivity contribution in [3.63, 3.8) is 0 Å². The van der Waals surface area contributed by atoms with Crippen LogP contribution in [0.4, 0.5) is 0 Å².